The Bertz CT molecular complexity index is 824. The lowest BCUT2D eigenvalue weighted by Crippen LogP contribution is -2.24. The summed E-state index contributed by atoms with van der Waals surface area (Å²) in [6.45, 7) is 1.63. The molecule has 7 nitrogen and oxygen atoms in total. The highest BCUT2D eigenvalue weighted by Crippen LogP contribution is 2.30. The summed E-state index contributed by atoms with van der Waals surface area (Å²) in [5.74, 6) is 0.762. The smallest absolute Gasteiger partial charge is 0.231 e. The highest BCUT2D eigenvalue weighted by molar-refractivity contribution is 7.16. The Labute approximate surface area is 144 Å². The van der Waals surface area contributed by atoms with Gasteiger partial charge in [-0.25, -0.2) is 9.97 Å². The molecule has 0 aliphatic rings. The van der Waals surface area contributed by atoms with E-state index in [1.54, 1.807) is 23.9 Å². The molecule has 0 aromatic carbocycles. The first-order chi connectivity index (χ1) is 11.6. The minimum atomic E-state index is 0.322. The largest absolute Gasteiger partial charge is 0.472 e. The SMILES string of the molecule is CN(C)CCCN=C(N)Nc1nc(-c2ccoc2)c2ccsc2n1. The molecule has 0 unspecified atom stereocenters. The zero-order valence-corrected chi connectivity index (χ0v) is 14.5. The molecule has 3 aromatic heterocycles. The minimum Gasteiger partial charge on any atom is -0.472 e. The molecule has 0 saturated carbocycles. The van der Waals surface area contributed by atoms with E-state index in [1.807, 2.05) is 31.6 Å². The van der Waals surface area contributed by atoms with Crippen LogP contribution in [0, 0.1) is 0 Å². The van der Waals surface area contributed by atoms with Gasteiger partial charge in [0.2, 0.25) is 5.95 Å². The number of furan rings is 1. The summed E-state index contributed by atoms with van der Waals surface area (Å²) in [6, 6.07) is 3.88. The van der Waals surface area contributed by atoms with Crippen molar-refractivity contribution in [2.24, 2.45) is 10.7 Å². The molecule has 0 saturated heterocycles. The van der Waals surface area contributed by atoms with E-state index in [1.165, 1.54) is 0 Å². The predicted molar refractivity (Wildman–Crippen MR) is 98.4 cm³/mol. The molecule has 0 amide bonds. The van der Waals surface area contributed by atoms with Crippen LogP contribution in [0.5, 0.6) is 0 Å². The average molecular weight is 344 g/mol. The summed E-state index contributed by atoms with van der Waals surface area (Å²) in [5, 5.41) is 5.97. The van der Waals surface area contributed by atoms with Gasteiger partial charge in [0.15, 0.2) is 5.96 Å². The van der Waals surface area contributed by atoms with Crippen molar-refractivity contribution in [1.82, 2.24) is 14.9 Å². The standard InChI is InChI=1S/C16H20N6OS/c1-22(2)7-3-6-18-15(17)21-16-19-13(11-4-8-23-10-11)12-5-9-24-14(12)20-16/h4-5,8-10H,3,6-7H2,1-2H3,(H3,17,18,19,20,21). The van der Waals surface area contributed by atoms with Crippen LogP contribution in [0.3, 0.4) is 0 Å². The number of nitrogens with two attached hydrogens (primary N) is 1. The number of hydrogen-bond donors (Lipinski definition) is 2. The van der Waals surface area contributed by atoms with E-state index < -0.39 is 0 Å². The van der Waals surface area contributed by atoms with Crippen LogP contribution in [-0.2, 0) is 0 Å². The summed E-state index contributed by atoms with van der Waals surface area (Å²) in [5.41, 5.74) is 7.67. The Morgan fingerprint density at radius 2 is 2.25 bits per heavy atom. The lowest BCUT2D eigenvalue weighted by Gasteiger charge is -2.08. The van der Waals surface area contributed by atoms with Gasteiger partial charge in [-0.15, -0.1) is 11.3 Å². The fraction of sp³-hybridized carbons (Fsp3) is 0.312. The number of anilines is 1. The molecule has 0 aliphatic carbocycles. The highest BCUT2D eigenvalue weighted by atomic mass is 32.1. The Balaban J connectivity index is 1.79. The third kappa shape index (κ3) is 3.90. The first-order valence-electron chi connectivity index (χ1n) is 7.63. The Kier molecular flexibility index (Phi) is 5.07. The van der Waals surface area contributed by atoms with E-state index in [4.69, 9.17) is 10.2 Å². The molecule has 0 aliphatic heterocycles. The zero-order valence-electron chi connectivity index (χ0n) is 13.7. The fourth-order valence-electron chi connectivity index (χ4n) is 2.27. The first-order valence-corrected chi connectivity index (χ1v) is 8.51. The van der Waals surface area contributed by atoms with Gasteiger partial charge in [-0.2, -0.15) is 0 Å². The molecule has 0 spiro atoms. The normalized spacial score (nSPS) is 12.2. The van der Waals surface area contributed by atoms with Gasteiger partial charge in [0, 0.05) is 17.5 Å². The fourth-order valence-corrected chi connectivity index (χ4v) is 3.03. The quantitative estimate of drug-likeness (QED) is 0.406. The molecule has 3 heterocycles. The van der Waals surface area contributed by atoms with Crippen molar-refractivity contribution in [2.75, 3.05) is 32.5 Å². The van der Waals surface area contributed by atoms with E-state index in [-0.39, 0.29) is 0 Å². The van der Waals surface area contributed by atoms with E-state index in [0.29, 0.717) is 18.5 Å². The Hall–Kier alpha value is -2.45. The van der Waals surface area contributed by atoms with Gasteiger partial charge in [0.25, 0.3) is 0 Å². The van der Waals surface area contributed by atoms with Gasteiger partial charge >= 0.3 is 0 Å². The summed E-state index contributed by atoms with van der Waals surface area (Å²) < 4.78 is 5.17. The van der Waals surface area contributed by atoms with E-state index in [2.05, 4.69) is 25.2 Å². The van der Waals surface area contributed by atoms with Crippen LogP contribution in [0.4, 0.5) is 5.95 Å². The molecule has 0 radical (unpaired) electrons. The zero-order chi connectivity index (χ0) is 16.9. The van der Waals surface area contributed by atoms with E-state index in [0.717, 1.165) is 34.4 Å². The van der Waals surface area contributed by atoms with Crippen molar-refractivity contribution in [2.45, 2.75) is 6.42 Å². The van der Waals surface area contributed by atoms with Crippen molar-refractivity contribution in [3.05, 3.63) is 30.0 Å². The number of thiophene rings is 1. The van der Waals surface area contributed by atoms with Crippen molar-refractivity contribution in [3.8, 4) is 11.3 Å². The van der Waals surface area contributed by atoms with Gasteiger partial charge < -0.3 is 15.1 Å². The topological polar surface area (TPSA) is 92.6 Å². The second-order valence-electron chi connectivity index (χ2n) is 5.60. The molecule has 126 valence electrons. The van der Waals surface area contributed by atoms with Crippen LogP contribution in [0.2, 0.25) is 0 Å². The number of guanidine groups is 1. The van der Waals surface area contributed by atoms with Crippen LogP contribution < -0.4 is 11.1 Å². The third-order valence-corrected chi connectivity index (χ3v) is 4.21. The number of fused-ring (bicyclic) bond motifs is 1. The summed E-state index contributed by atoms with van der Waals surface area (Å²) in [6.07, 6.45) is 4.24. The average Bonchev–Trinajstić information content (AvgIpc) is 3.21. The first kappa shape index (κ1) is 16.4. The molecule has 3 rings (SSSR count). The molecular weight excluding hydrogens is 324 g/mol. The minimum absolute atomic E-state index is 0.322. The summed E-state index contributed by atoms with van der Waals surface area (Å²) >= 11 is 1.56. The summed E-state index contributed by atoms with van der Waals surface area (Å²) in [7, 11) is 4.07. The monoisotopic (exact) mass is 344 g/mol. The van der Waals surface area contributed by atoms with Crippen LogP contribution in [0.15, 0.2) is 39.4 Å². The maximum atomic E-state index is 5.94. The van der Waals surface area contributed by atoms with Crippen LogP contribution in [0.1, 0.15) is 6.42 Å². The van der Waals surface area contributed by atoms with Gasteiger partial charge in [-0.1, -0.05) is 0 Å². The molecule has 8 heteroatoms. The number of nitrogens with zero attached hydrogens (tertiary/aromatic N) is 4. The third-order valence-electron chi connectivity index (χ3n) is 3.41. The molecular formula is C16H20N6OS. The summed E-state index contributed by atoms with van der Waals surface area (Å²) in [4.78, 5) is 16.4. The molecule has 24 heavy (non-hydrogen) atoms. The lowest BCUT2D eigenvalue weighted by molar-refractivity contribution is 0.403. The molecule has 3 aromatic rings. The van der Waals surface area contributed by atoms with Crippen LogP contribution in [-0.4, -0.2) is 48.0 Å². The van der Waals surface area contributed by atoms with E-state index in [9.17, 15) is 0 Å². The van der Waals surface area contributed by atoms with Crippen molar-refractivity contribution >= 4 is 33.5 Å². The van der Waals surface area contributed by atoms with Crippen LogP contribution >= 0.6 is 11.3 Å². The number of aliphatic imine (C=N–C) groups is 1. The second-order valence-corrected chi connectivity index (χ2v) is 6.49. The maximum absolute atomic E-state index is 5.94. The molecule has 0 atom stereocenters. The number of nitrogens with one attached hydrogen (secondary N) is 1. The van der Waals surface area contributed by atoms with Crippen LogP contribution in [0.25, 0.3) is 21.5 Å². The van der Waals surface area contributed by atoms with E-state index >= 15 is 0 Å². The van der Waals surface area contributed by atoms with Crippen molar-refractivity contribution in [3.63, 3.8) is 0 Å². The Morgan fingerprint density at radius 1 is 1.38 bits per heavy atom. The predicted octanol–water partition coefficient (Wildman–Crippen LogP) is 2.63. The number of rotatable bonds is 6. The van der Waals surface area contributed by atoms with Gasteiger partial charge in [0.05, 0.1) is 18.2 Å². The second kappa shape index (κ2) is 7.41. The molecule has 0 bridgehead atoms. The molecule has 3 N–H and O–H groups in total. The molecule has 0 fully saturated rings. The highest BCUT2D eigenvalue weighted by Gasteiger charge is 2.12. The maximum Gasteiger partial charge on any atom is 0.231 e. The van der Waals surface area contributed by atoms with Gasteiger partial charge in [-0.05, 0) is 44.6 Å². The van der Waals surface area contributed by atoms with Crippen molar-refractivity contribution < 1.29 is 4.42 Å². The van der Waals surface area contributed by atoms with Gasteiger partial charge in [-0.3, -0.25) is 10.3 Å². The van der Waals surface area contributed by atoms with Gasteiger partial charge in [0.1, 0.15) is 4.83 Å². The van der Waals surface area contributed by atoms with Crippen molar-refractivity contribution in [1.29, 1.82) is 0 Å². The number of aromatic nitrogens is 2. The number of hydrogen-bond acceptors (Lipinski definition) is 6. The Morgan fingerprint density at radius 3 is 3.00 bits per heavy atom. The lowest BCUT2D eigenvalue weighted by atomic mass is 10.2.